The van der Waals surface area contributed by atoms with Gasteiger partial charge in [0.2, 0.25) is 6.79 Å². The fourth-order valence-corrected chi connectivity index (χ4v) is 0.181. The summed E-state index contributed by atoms with van der Waals surface area (Å²) in [6, 6.07) is 0. The summed E-state index contributed by atoms with van der Waals surface area (Å²) in [6.07, 6.45) is -0.971. The van der Waals surface area contributed by atoms with Crippen LogP contribution in [-0.2, 0) is 14.3 Å². The molecule has 0 rings (SSSR count). The maximum Gasteiger partial charge on any atom is 0.509 e. The highest BCUT2D eigenvalue weighted by Crippen LogP contribution is 1.82. The highest BCUT2D eigenvalue weighted by atomic mass is 16.9. The number of ether oxygens (including phenoxy) is 2. The van der Waals surface area contributed by atoms with Gasteiger partial charge in [0.05, 0.1) is 7.11 Å². The molecular weight excluding hydrogens is 144 g/mol. The van der Waals surface area contributed by atoms with Crippen LogP contribution in [0.5, 0.6) is 0 Å². The van der Waals surface area contributed by atoms with Gasteiger partial charge in [-0.2, -0.15) is 0 Å². The van der Waals surface area contributed by atoms with Crippen LogP contribution in [0.4, 0.5) is 4.79 Å². The number of hydrogen-bond acceptors (Lipinski definition) is 6. The van der Waals surface area contributed by atoms with E-state index in [1.165, 1.54) is 0 Å². The van der Waals surface area contributed by atoms with Crippen LogP contribution in [0.2, 0.25) is 0 Å². The fraction of sp³-hybridized carbons (Fsp3) is 0.667. The first-order valence-corrected chi connectivity index (χ1v) is 2.19. The molecule has 0 saturated carbocycles. The predicted molar refractivity (Wildman–Crippen MR) is 25.8 cm³/mol. The van der Waals surface area contributed by atoms with Gasteiger partial charge in [-0.05, 0) is 0 Å². The van der Waals surface area contributed by atoms with E-state index in [1.54, 1.807) is 0 Å². The Balaban J connectivity index is 3.20. The van der Waals surface area contributed by atoms with E-state index in [4.69, 9.17) is 5.53 Å². The second-order valence-corrected chi connectivity index (χ2v) is 1.10. The van der Waals surface area contributed by atoms with Crippen molar-refractivity contribution in [1.82, 2.24) is 0 Å². The smallest absolute Gasteiger partial charge is 0.438 e. The molecule has 0 amide bonds. The third kappa shape index (κ3) is 4.62. The second kappa shape index (κ2) is 4.36. The molecule has 0 radical (unpaired) electrons. The van der Waals surface area contributed by atoms with Crippen LogP contribution in [0.25, 0.3) is 0 Å². The highest BCUT2D eigenvalue weighted by molar-refractivity contribution is 5.59. The fourth-order valence-electron chi connectivity index (χ4n) is 0.181. The lowest BCUT2D eigenvalue weighted by Gasteiger charge is -2.02. The molecule has 0 aromatic rings. The zero-order chi connectivity index (χ0) is 7.98. The van der Waals surface area contributed by atoms with Crippen molar-refractivity contribution in [1.29, 1.82) is 5.53 Å². The number of hydrogen-bond donors (Lipinski definition) is 1. The van der Waals surface area contributed by atoms with Crippen LogP contribution in [0, 0.1) is 10.7 Å². The number of nitrogens with one attached hydrogen (secondary N) is 1. The molecule has 58 valence electrons. The van der Waals surface area contributed by atoms with Crippen molar-refractivity contribution in [2.24, 2.45) is 0 Å². The van der Waals surface area contributed by atoms with Gasteiger partial charge in [0.25, 0.3) is 0 Å². The van der Waals surface area contributed by atoms with Gasteiger partial charge < -0.3 is 14.3 Å². The van der Waals surface area contributed by atoms with Crippen LogP contribution < -0.4 is 0 Å². The minimum absolute atomic E-state index is 0.580. The standard InChI is InChI=1S/C3H6N2O5/c1-8-3(6)9-2-10-5(4)7/h4H,2H2,1H3. The first-order valence-electron chi connectivity index (χ1n) is 2.19. The Labute approximate surface area is 56.1 Å². The van der Waals surface area contributed by atoms with E-state index >= 15 is 0 Å². The average molecular weight is 150 g/mol. The molecule has 7 heteroatoms. The highest BCUT2D eigenvalue weighted by Gasteiger charge is 1.97. The number of nitrogens with zero attached hydrogens (tertiary/aromatic N) is 1. The Bertz CT molecular complexity index is 135. The lowest BCUT2D eigenvalue weighted by atomic mass is 11.3. The largest absolute Gasteiger partial charge is 0.509 e. The van der Waals surface area contributed by atoms with Crippen molar-refractivity contribution >= 4 is 6.16 Å². The summed E-state index contributed by atoms with van der Waals surface area (Å²) in [5, 5.41) is 9.06. The predicted octanol–water partition coefficient (Wildman–Crippen LogP) is 0.200. The van der Waals surface area contributed by atoms with E-state index < -0.39 is 18.0 Å². The van der Waals surface area contributed by atoms with Gasteiger partial charge in [0.1, 0.15) is 0 Å². The first-order chi connectivity index (χ1) is 4.66. The summed E-state index contributed by atoms with van der Waals surface area (Å²) >= 11 is 0. The zero-order valence-electron chi connectivity index (χ0n) is 5.20. The van der Waals surface area contributed by atoms with Crippen LogP contribution in [-0.4, -0.2) is 25.1 Å². The van der Waals surface area contributed by atoms with Crippen LogP contribution >= 0.6 is 0 Å². The van der Waals surface area contributed by atoms with Gasteiger partial charge in [-0.3, -0.25) is 0 Å². The molecule has 0 heterocycles. The molecule has 0 saturated heterocycles. The third-order valence-corrected chi connectivity index (χ3v) is 0.513. The van der Waals surface area contributed by atoms with Crippen LogP contribution in [0.15, 0.2) is 0 Å². The summed E-state index contributed by atoms with van der Waals surface area (Å²) in [7, 11) is 1.11. The number of rotatable bonds is 3. The summed E-state index contributed by atoms with van der Waals surface area (Å²) < 4.78 is 8.07. The molecule has 0 aliphatic carbocycles. The maximum absolute atomic E-state index is 10.1. The average Bonchev–Trinajstić information content (AvgIpc) is 1.87. The minimum atomic E-state index is -0.971. The van der Waals surface area contributed by atoms with Gasteiger partial charge in [0.15, 0.2) is 5.02 Å². The van der Waals surface area contributed by atoms with Crippen molar-refractivity contribution in [2.75, 3.05) is 13.9 Å². The van der Waals surface area contributed by atoms with Gasteiger partial charge in [0, 0.05) is 5.53 Å². The lowest BCUT2D eigenvalue weighted by molar-refractivity contribution is -0.813. The quantitative estimate of drug-likeness (QED) is 0.268. The molecule has 0 spiro atoms. The second-order valence-electron chi connectivity index (χ2n) is 1.10. The zero-order valence-corrected chi connectivity index (χ0v) is 5.20. The third-order valence-electron chi connectivity index (χ3n) is 0.513. The Morgan fingerprint density at radius 3 is 2.80 bits per heavy atom. The molecule has 0 aliphatic heterocycles. The van der Waals surface area contributed by atoms with Crippen molar-refractivity contribution in [2.45, 2.75) is 0 Å². The molecule has 0 unspecified atom stereocenters. The van der Waals surface area contributed by atoms with Gasteiger partial charge in [-0.1, -0.05) is 0 Å². The van der Waals surface area contributed by atoms with E-state index in [0.717, 1.165) is 7.11 Å². The molecule has 0 aliphatic rings. The number of carbonyl (C=O) groups is 1. The van der Waals surface area contributed by atoms with Crippen LogP contribution in [0.1, 0.15) is 0 Å². The topological polar surface area (TPSA) is 94.7 Å². The van der Waals surface area contributed by atoms with Gasteiger partial charge in [-0.25, -0.2) is 10.0 Å². The lowest BCUT2D eigenvalue weighted by Crippen LogP contribution is -2.10. The molecule has 10 heavy (non-hydrogen) atoms. The van der Waals surface area contributed by atoms with E-state index in [2.05, 4.69) is 14.3 Å². The summed E-state index contributed by atoms with van der Waals surface area (Å²) in [6.45, 7) is -0.625. The van der Waals surface area contributed by atoms with Crippen molar-refractivity contribution < 1.29 is 24.1 Å². The van der Waals surface area contributed by atoms with Crippen molar-refractivity contribution in [3.63, 3.8) is 0 Å². The Morgan fingerprint density at radius 2 is 2.40 bits per heavy atom. The van der Waals surface area contributed by atoms with Gasteiger partial charge in [-0.15, -0.1) is 0 Å². The SMILES string of the molecule is COC(=O)OCO[N+](=N)[O-]. The van der Waals surface area contributed by atoms with Crippen molar-refractivity contribution in [3.8, 4) is 0 Å². The van der Waals surface area contributed by atoms with Gasteiger partial charge >= 0.3 is 6.16 Å². The molecule has 0 atom stereocenters. The molecule has 0 bridgehead atoms. The molecular formula is C3H6N2O5. The Kier molecular flexibility index (Phi) is 3.69. The van der Waals surface area contributed by atoms with E-state index in [0.29, 0.717) is 0 Å². The molecule has 0 fully saturated rings. The Hall–Kier alpha value is -1.53. The number of carbonyl (C=O) groups excluding carboxylic acids is 1. The number of methoxy groups -OCH3 is 1. The summed E-state index contributed by atoms with van der Waals surface area (Å²) in [5.74, 6) is 0. The normalized spacial score (nSPS) is 8.10. The summed E-state index contributed by atoms with van der Waals surface area (Å²) in [5.41, 5.74) is 6.10. The molecule has 7 nitrogen and oxygen atoms in total. The summed E-state index contributed by atoms with van der Waals surface area (Å²) in [4.78, 5) is 13.9. The molecule has 0 aromatic heterocycles. The van der Waals surface area contributed by atoms with E-state index in [9.17, 15) is 10.0 Å². The maximum atomic E-state index is 10.1. The minimum Gasteiger partial charge on any atom is -0.438 e. The molecule has 0 aromatic carbocycles. The van der Waals surface area contributed by atoms with E-state index in [1.807, 2.05) is 0 Å². The Morgan fingerprint density at radius 1 is 1.80 bits per heavy atom. The monoisotopic (exact) mass is 150 g/mol. The van der Waals surface area contributed by atoms with Crippen LogP contribution in [0.3, 0.4) is 0 Å². The first kappa shape index (κ1) is 8.47. The van der Waals surface area contributed by atoms with E-state index in [-0.39, 0.29) is 0 Å². The van der Waals surface area contributed by atoms with Crippen molar-refractivity contribution in [3.05, 3.63) is 5.21 Å². The molecule has 1 N–H and O–H groups in total.